The lowest BCUT2D eigenvalue weighted by Crippen LogP contribution is -2.20. The van der Waals surface area contributed by atoms with E-state index < -0.39 is 11.3 Å². The Morgan fingerprint density at radius 3 is 2.75 bits per heavy atom. The van der Waals surface area contributed by atoms with Crippen LogP contribution in [0.2, 0.25) is 0 Å². The molecule has 0 aliphatic carbocycles. The van der Waals surface area contributed by atoms with Crippen LogP contribution >= 0.6 is 11.6 Å². The van der Waals surface area contributed by atoms with Gasteiger partial charge in [-0.2, -0.15) is 0 Å². The first-order chi connectivity index (χ1) is 7.69. The monoisotopic (exact) mass is 242 g/mol. The average molecular weight is 243 g/mol. The van der Waals surface area contributed by atoms with E-state index in [9.17, 15) is 4.79 Å². The number of para-hydroxylation sites is 1. The Morgan fingerprint density at radius 1 is 1.44 bits per heavy atom. The second-order valence-electron chi connectivity index (χ2n) is 3.24. The van der Waals surface area contributed by atoms with Gasteiger partial charge in [0.15, 0.2) is 0 Å². The third-order valence-corrected chi connectivity index (χ3v) is 2.47. The molecule has 0 heterocycles. The molecule has 4 heteroatoms. The normalized spacial score (nSPS) is 11.9. The van der Waals surface area contributed by atoms with Gasteiger partial charge in [-0.15, -0.1) is 11.6 Å². The van der Waals surface area contributed by atoms with Crippen LogP contribution < -0.4 is 4.74 Å². The van der Waals surface area contributed by atoms with Crippen LogP contribution in [-0.4, -0.2) is 25.1 Å². The van der Waals surface area contributed by atoms with Crippen molar-refractivity contribution < 1.29 is 14.3 Å². The molecule has 0 aliphatic rings. The molecule has 0 saturated heterocycles. The summed E-state index contributed by atoms with van der Waals surface area (Å²) in [5, 5.41) is -0.670. The molecule has 1 rings (SSSR count). The zero-order valence-electron chi connectivity index (χ0n) is 9.40. The minimum atomic E-state index is -0.670. The molecule has 0 amide bonds. The third kappa shape index (κ3) is 3.42. The molecule has 0 bridgehead atoms. The second-order valence-corrected chi connectivity index (χ2v) is 3.76. The van der Waals surface area contributed by atoms with Gasteiger partial charge < -0.3 is 9.47 Å². The first-order valence-electron chi connectivity index (χ1n) is 5.11. The predicted molar refractivity (Wildman–Crippen MR) is 63.0 cm³/mol. The van der Waals surface area contributed by atoms with Crippen LogP contribution in [0.3, 0.4) is 0 Å². The lowest BCUT2D eigenvalue weighted by molar-refractivity contribution is -0.142. The zero-order valence-corrected chi connectivity index (χ0v) is 10.2. The first-order valence-corrected chi connectivity index (χ1v) is 5.55. The summed E-state index contributed by atoms with van der Waals surface area (Å²) in [5.41, 5.74) is 0.901. The van der Waals surface area contributed by atoms with Crippen molar-refractivity contribution in [1.82, 2.24) is 0 Å². The molecule has 0 aromatic heterocycles. The van der Waals surface area contributed by atoms with Gasteiger partial charge in [-0.3, -0.25) is 4.79 Å². The quantitative estimate of drug-likeness (QED) is 0.588. The molecule has 0 aliphatic heterocycles. The molecule has 88 valence electrons. The minimum Gasteiger partial charge on any atom is -0.496 e. The molecule has 3 nitrogen and oxygen atoms in total. The van der Waals surface area contributed by atoms with Gasteiger partial charge in [-0.05, 0) is 18.6 Å². The van der Waals surface area contributed by atoms with Crippen LogP contribution in [0.4, 0.5) is 0 Å². The van der Waals surface area contributed by atoms with Crippen molar-refractivity contribution in [3.05, 3.63) is 29.8 Å². The van der Waals surface area contributed by atoms with Gasteiger partial charge in [-0.1, -0.05) is 18.2 Å². The summed E-state index contributed by atoms with van der Waals surface area (Å²) in [6, 6.07) is 7.47. The van der Waals surface area contributed by atoms with E-state index >= 15 is 0 Å². The lowest BCUT2D eigenvalue weighted by atomic mass is 10.1. The Kier molecular flexibility index (Phi) is 5.12. The maximum absolute atomic E-state index is 11.4. The molecule has 1 aromatic carbocycles. The highest BCUT2D eigenvalue weighted by Gasteiger charge is 2.18. The molecule has 0 radical (unpaired) electrons. The number of carbonyl (C=O) groups is 1. The number of hydrogen-bond acceptors (Lipinski definition) is 3. The summed E-state index contributed by atoms with van der Waals surface area (Å²) in [6.45, 7) is 2.10. The standard InChI is InChI=1S/C12H15ClO3/c1-3-16-12(14)10(13)8-9-6-4-5-7-11(9)15-2/h4-7,10H,3,8H2,1-2H3. The molecular weight excluding hydrogens is 228 g/mol. The summed E-state index contributed by atoms with van der Waals surface area (Å²) >= 11 is 5.94. The number of rotatable bonds is 5. The lowest BCUT2D eigenvalue weighted by Gasteiger charge is -2.11. The van der Waals surface area contributed by atoms with E-state index in [1.54, 1.807) is 14.0 Å². The number of alkyl halides is 1. The Bertz CT molecular complexity index is 352. The minimum absolute atomic E-state index is 0.341. The molecule has 0 spiro atoms. The van der Waals surface area contributed by atoms with E-state index in [1.807, 2.05) is 24.3 Å². The van der Waals surface area contributed by atoms with Gasteiger partial charge in [-0.25, -0.2) is 0 Å². The fourth-order valence-corrected chi connectivity index (χ4v) is 1.61. The Hall–Kier alpha value is -1.22. The van der Waals surface area contributed by atoms with Gasteiger partial charge in [0, 0.05) is 6.42 Å². The highest BCUT2D eigenvalue weighted by Crippen LogP contribution is 2.20. The molecular formula is C12H15ClO3. The van der Waals surface area contributed by atoms with Crippen LogP contribution in [-0.2, 0) is 16.0 Å². The zero-order chi connectivity index (χ0) is 12.0. The molecule has 0 saturated carbocycles. The largest absolute Gasteiger partial charge is 0.496 e. The number of ether oxygens (including phenoxy) is 2. The van der Waals surface area contributed by atoms with Crippen molar-refractivity contribution in [1.29, 1.82) is 0 Å². The van der Waals surface area contributed by atoms with Crippen molar-refractivity contribution in [2.45, 2.75) is 18.7 Å². The number of esters is 1. The molecule has 1 unspecified atom stereocenters. The number of carbonyl (C=O) groups excluding carboxylic acids is 1. The topological polar surface area (TPSA) is 35.5 Å². The van der Waals surface area contributed by atoms with Gasteiger partial charge in [0.25, 0.3) is 0 Å². The highest BCUT2D eigenvalue weighted by molar-refractivity contribution is 6.30. The molecule has 0 fully saturated rings. The summed E-state index contributed by atoms with van der Waals surface area (Å²) in [4.78, 5) is 11.4. The molecule has 0 N–H and O–H groups in total. The van der Waals surface area contributed by atoms with E-state index in [1.165, 1.54) is 0 Å². The van der Waals surface area contributed by atoms with Crippen LogP contribution in [0.15, 0.2) is 24.3 Å². The van der Waals surface area contributed by atoms with Crippen molar-refractivity contribution in [3.8, 4) is 5.75 Å². The maximum Gasteiger partial charge on any atom is 0.324 e. The molecule has 1 aromatic rings. The third-order valence-electron chi connectivity index (χ3n) is 2.13. The first kappa shape index (κ1) is 12.8. The number of hydrogen-bond donors (Lipinski definition) is 0. The highest BCUT2D eigenvalue weighted by atomic mass is 35.5. The fraction of sp³-hybridized carbons (Fsp3) is 0.417. The average Bonchev–Trinajstić information content (AvgIpc) is 2.30. The van der Waals surface area contributed by atoms with Crippen LogP contribution in [0.5, 0.6) is 5.75 Å². The summed E-state index contributed by atoms with van der Waals surface area (Å²) < 4.78 is 10.0. The Balaban J connectivity index is 2.68. The van der Waals surface area contributed by atoms with Crippen LogP contribution in [0.25, 0.3) is 0 Å². The van der Waals surface area contributed by atoms with Gasteiger partial charge in [0.1, 0.15) is 11.1 Å². The summed E-state index contributed by atoms with van der Waals surface area (Å²) in [5.74, 6) is 0.340. The summed E-state index contributed by atoms with van der Waals surface area (Å²) in [7, 11) is 1.59. The Labute approximate surface area is 100 Å². The molecule has 16 heavy (non-hydrogen) atoms. The Morgan fingerprint density at radius 2 is 2.12 bits per heavy atom. The van der Waals surface area contributed by atoms with E-state index in [-0.39, 0.29) is 0 Å². The van der Waals surface area contributed by atoms with E-state index in [0.717, 1.165) is 11.3 Å². The van der Waals surface area contributed by atoms with Gasteiger partial charge >= 0.3 is 5.97 Å². The number of methoxy groups -OCH3 is 1. The van der Waals surface area contributed by atoms with Crippen LogP contribution in [0, 0.1) is 0 Å². The number of benzene rings is 1. The SMILES string of the molecule is CCOC(=O)C(Cl)Cc1ccccc1OC. The van der Waals surface area contributed by atoms with E-state index in [2.05, 4.69) is 0 Å². The molecule has 1 atom stereocenters. The predicted octanol–water partition coefficient (Wildman–Crippen LogP) is 2.41. The summed E-state index contributed by atoms with van der Waals surface area (Å²) in [6.07, 6.45) is 0.407. The van der Waals surface area contributed by atoms with Crippen molar-refractivity contribution in [2.75, 3.05) is 13.7 Å². The second kappa shape index (κ2) is 6.38. The van der Waals surface area contributed by atoms with Gasteiger partial charge in [0.05, 0.1) is 13.7 Å². The van der Waals surface area contributed by atoms with Gasteiger partial charge in [0.2, 0.25) is 0 Å². The fourth-order valence-electron chi connectivity index (χ4n) is 1.38. The number of halogens is 1. The van der Waals surface area contributed by atoms with Crippen LogP contribution in [0.1, 0.15) is 12.5 Å². The van der Waals surface area contributed by atoms with Crippen molar-refractivity contribution in [3.63, 3.8) is 0 Å². The maximum atomic E-state index is 11.4. The van der Waals surface area contributed by atoms with Crippen molar-refractivity contribution in [2.24, 2.45) is 0 Å². The van der Waals surface area contributed by atoms with E-state index in [4.69, 9.17) is 21.1 Å². The van der Waals surface area contributed by atoms with E-state index in [0.29, 0.717) is 13.0 Å². The van der Waals surface area contributed by atoms with Crippen molar-refractivity contribution >= 4 is 17.6 Å². The smallest absolute Gasteiger partial charge is 0.324 e.